The van der Waals surface area contributed by atoms with Crippen LogP contribution in [0, 0.1) is 18.8 Å². The molecule has 1 aromatic carbocycles. The molecule has 1 aromatic rings. The monoisotopic (exact) mass is 333 g/mol. The van der Waals surface area contributed by atoms with Crippen LogP contribution in [0.25, 0.3) is 0 Å². The van der Waals surface area contributed by atoms with E-state index in [1.54, 1.807) is 14.2 Å². The van der Waals surface area contributed by atoms with Gasteiger partial charge in [-0.25, -0.2) is 0 Å². The number of carbonyl (C=O) groups is 1. The molecule has 1 saturated carbocycles. The summed E-state index contributed by atoms with van der Waals surface area (Å²) in [6.45, 7) is 4.21. The van der Waals surface area contributed by atoms with Gasteiger partial charge in [-0.15, -0.1) is 0 Å². The van der Waals surface area contributed by atoms with Crippen LogP contribution in [0.3, 0.4) is 0 Å². The van der Waals surface area contributed by atoms with Crippen LogP contribution in [0.4, 0.5) is 5.69 Å². The minimum Gasteiger partial charge on any atom is -0.493 e. The van der Waals surface area contributed by atoms with Crippen molar-refractivity contribution in [3.05, 3.63) is 17.7 Å². The first-order valence-electron chi connectivity index (χ1n) is 9.12. The summed E-state index contributed by atoms with van der Waals surface area (Å²) < 4.78 is 10.6. The zero-order chi connectivity index (χ0) is 17.5. The second-order valence-corrected chi connectivity index (χ2v) is 6.87. The SMILES string of the molecule is CCCCC1CCC(C(=O)Nc2cc(OC)c(OC)cc2C)CC1. The fourth-order valence-electron chi connectivity index (χ4n) is 3.56. The number of hydrogen-bond donors (Lipinski definition) is 1. The van der Waals surface area contributed by atoms with Crippen LogP contribution in [0.1, 0.15) is 57.4 Å². The Morgan fingerprint density at radius 1 is 1.12 bits per heavy atom. The van der Waals surface area contributed by atoms with Gasteiger partial charge < -0.3 is 14.8 Å². The largest absolute Gasteiger partial charge is 0.493 e. The van der Waals surface area contributed by atoms with Gasteiger partial charge in [0.1, 0.15) is 0 Å². The fourth-order valence-corrected chi connectivity index (χ4v) is 3.56. The molecule has 0 unspecified atom stereocenters. The van der Waals surface area contributed by atoms with Gasteiger partial charge in [0.25, 0.3) is 0 Å². The van der Waals surface area contributed by atoms with Gasteiger partial charge in [-0.2, -0.15) is 0 Å². The summed E-state index contributed by atoms with van der Waals surface area (Å²) in [6.07, 6.45) is 8.27. The Morgan fingerprint density at radius 3 is 2.33 bits per heavy atom. The van der Waals surface area contributed by atoms with Crippen molar-refractivity contribution in [1.29, 1.82) is 0 Å². The predicted octanol–water partition coefficient (Wildman–Crippen LogP) is 4.95. The zero-order valence-electron chi connectivity index (χ0n) is 15.5. The molecule has 0 atom stereocenters. The summed E-state index contributed by atoms with van der Waals surface area (Å²) in [7, 11) is 3.23. The third-order valence-corrected chi connectivity index (χ3v) is 5.17. The maximum absolute atomic E-state index is 12.6. The van der Waals surface area contributed by atoms with Gasteiger partial charge in [-0.05, 0) is 50.2 Å². The Bertz CT molecular complexity index is 548. The number of carbonyl (C=O) groups excluding carboxylic acids is 1. The Balaban J connectivity index is 1.95. The normalized spacial score (nSPS) is 20.5. The Labute approximate surface area is 145 Å². The number of anilines is 1. The van der Waals surface area contributed by atoms with Crippen LogP contribution in [-0.2, 0) is 4.79 Å². The van der Waals surface area contributed by atoms with E-state index in [9.17, 15) is 4.79 Å². The Kier molecular flexibility index (Phi) is 6.95. The molecule has 134 valence electrons. The van der Waals surface area contributed by atoms with E-state index in [4.69, 9.17) is 9.47 Å². The van der Waals surface area contributed by atoms with Crippen molar-refractivity contribution in [3.8, 4) is 11.5 Å². The van der Waals surface area contributed by atoms with Crippen molar-refractivity contribution in [2.24, 2.45) is 11.8 Å². The minimum absolute atomic E-state index is 0.135. The van der Waals surface area contributed by atoms with Crippen molar-refractivity contribution in [3.63, 3.8) is 0 Å². The lowest BCUT2D eigenvalue weighted by Gasteiger charge is -2.28. The molecule has 24 heavy (non-hydrogen) atoms. The van der Waals surface area contributed by atoms with E-state index in [-0.39, 0.29) is 11.8 Å². The number of methoxy groups -OCH3 is 2. The second-order valence-electron chi connectivity index (χ2n) is 6.87. The zero-order valence-corrected chi connectivity index (χ0v) is 15.5. The number of nitrogens with one attached hydrogen (secondary N) is 1. The molecule has 0 radical (unpaired) electrons. The molecule has 2 rings (SSSR count). The molecule has 0 aromatic heterocycles. The van der Waals surface area contributed by atoms with Crippen molar-refractivity contribution < 1.29 is 14.3 Å². The first-order chi connectivity index (χ1) is 11.6. The number of amides is 1. The summed E-state index contributed by atoms with van der Waals surface area (Å²) in [5.74, 6) is 2.41. The van der Waals surface area contributed by atoms with E-state index in [1.807, 2.05) is 19.1 Å². The van der Waals surface area contributed by atoms with E-state index >= 15 is 0 Å². The molecule has 4 nitrogen and oxygen atoms in total. The van der Waals surface area contributed by atoms with Crippen LogP contribution in [0.2, 0.25) is 0 Å². The van der Waals surface area contributed by atoms with E-state index in [0.717, 1.165) is 30.0 Å². The lowest BCUT2D eigenvalue weighted by Crippen LogP contribution is -2.27. The number of unbranched alkanes of at least 4 members (excludes halogenated alkanes) is 1. The molecule has 0 heterocycles. The molecule has 0 aliphatic heterocycles. The molecular weight excluding hydrogens is 302 g/mol. The predicted molar refractivity (Wildman–Crippen MR) is 97.9 cm³/mol. The summed E-state index contributed by atoms with van der Waals surface area (Å²) in [6, 6.07) is 3.75. The van der Waals surface area contributed by atoms with Gasteiger partial charge in [0.2, 0.25) is 5.91 Å². The third kappa shape index (κ3) is 4.65. The molecule has 1 N–H and O–H groups in total. The summed E-state index contributed by atoms with van der Waals surface area (Å²) in [5, 5.41) is 3.09. The van der Waals surface area contributed by atoms with Crippen LogP contribution in [-0.4, -0.2) is 20.1 Å². The van der Waals surface area contributed by atoms with Gasteiger partial charge in [-0.3, -0.25) is 4.79 Å². The van der Waals surface area contributed by atoms with E-state index in [2.05, 4.69) is 12.2 Å². The van der Waals surface area contributed by atoms with Gasteiger partial charge in [-0.1, -0.05) is 26.2 Å². The maximum atomic E-state index is 12.6. The molecule has 0 saturated heterocycles. The standard InChI is InChI=1S/C20H31NO3/c1-5-6-7-15-8-10-16(11-9-15)20(22)21-17-13-19(24-4)18(23-3)12-14(17)2/h12-13,15-16H,5-11H2,1-4H3,(H,21,22). The van der Waals surface area contributed by atoms with Crippen molar-refractivity contribution in [2.75, 3.05) is 19.5 Å². The highest BCUT2D eigenvalue weighted by molar-refractivity contribution is 5.93. The molecule has 1 aliphatic rings. The topological polar surface area (TPSA) is 47.6 Å². The van der Waals surface area contributed by atoms with E-state index in [0.29, 0.717) is 11.5 Å². The summed E-state index contributed by atoms with van der Waals surface area (Å²) >= 11 is 0. The first-order valence-corrected chi connectivity index (χ1v) is 9.12. The highest BCUT2D eigenvalue weighted by Crippen LogP contribution is 2.35. The quantitative estimate of drug-likeness (QED) is 0.768. The number of hydrogen-bond acceptors (Lipinski definition) is 3. The molecule has 1 amide bonds. The number of ether oxygens (including phenoxy) is 2. The lowest BCUT2D eigenvalue weighted by molar-refractivity contribution is -0.121. The van der Waals surface area contributed by atoms with Gasteiger partial charge in [0.15, 0.2) is 11.5 Å². The van der Waals surface area contributed by atoms with Gasteiger partial charge >= 0.3 is 0 Å². The van der Waals surface area contributed by atoms with Crippen LogP contribution in [0.15, 0.2) is 12.1 Å². The van der Waals surface area contributed by atoms with Crippen molar-refractivity contribution >= 4 is 11.6 Å². The van der Waals surface area contributed by atoms with Crippen LogP contribution < -0.4 is 14.8 Å². The maximum Gasteiger partial charge on any atom is 0.227 e. The third-order valence-electron chi connectivity index (χ3n) is 5.17. The summed E-state index contributed by atoms with van der Waals surface area (Å²) in [4.78, 5) is 12.6. The minimum atomic E-state index is 0.135. The number of benzene rings is 1. The molecule has 1 aliphatic carbocycles. The van der Waals surface area contributed by atoms with Crippen molar-refractivity contribution in [1.82, 2.24) is 0 Å². The summed E-state index contributed by atoms with van der Waals surface area (Å²) in [5.41, 5.74) is 1.79. The highest BCUT2D eigenvalue weighted by Gasteiger charge is 2.26. The van der Waals surface area contributed by atoms with Gasteiger partial charge in [0, 0.05) is 17.7 Å². The van der Waals surface area contributed by atoms with E-state index in [1.165, 1.54) is 32.1 Å². The number of aryl methyl sites for hydroxylation is 1. The molecule has 1 fully saturated rings. The van der Waals surface area contributed by atoms with Crippen LogP contribution in [0.5, 0.6) is 11.5 Å². The lowest BCUT2D eigenvalue weighted by atomic mass is 9.79. The number of rotatable bonds is 7. The second kappa shape index (κ2) is 8.95. The van der Waals surface area contributed by atoms with Crippen LogP contribution >= 0.6 is 0 Å². The van der Waals surface area contributed by atoms with Crippen molar-refractivity contribution in [2.45, 2.75) is 58.8 Å². The molecule has 4 heteroatoms. The Hall–Kier alpha value is -1.71. The highest BCUT2D eigenvalue weighted by atomic mass is 16.5. The van der Waals surface area contributed by atoms with Gasteiger partial charge in [0.05, 0.1) is 14.2 Å². The average molecular weight is 333 g/mol. The Morgan fingerprint density at radius 2 is 1.75 bits per heavy atom. The molecular formula is C20H31NO3. The molecule has 0 bridgehead atoms. The van der Waals surface area contributed by atoms with E-state index < -0.39 is 0 Å². The average Bonchev–Trinajstić information content (AvgIpc) is 2.61. The smallest absolute Gasteiger partial charge is 0.227 e. The molecule has 0 spiro atoms. The fraction of sp³-hybridized carbons (Fsp3) is 0.650. The first kappa shape index (κ1) is 18.6.